The molecule has 0 aliphatic heterocycles. The van der Waals surface area contributed by atoms with Crippen molar-refractivity contribution in [2.75, 3.05) is 5.75 Å². The van der Waals surface area contributed by atoms with Crippen LogP contribution < -0.4 is 0 Å². The van der Waals surface area contributed by atoms with Crippen molar-refractivity contribution in [3.8, 4) is 0 Å². The number of nitrogens with zero attached hydrogens (tertiary/aromatic N) is 1. The van der Waals surface area contributed by atoms with E-state index in [0.717, 1.165) is 11.3 Å². The van der Waals surface area contributed by atoms with E-state index in [1.165, 1.54) is 6.20 Å². The Hall–Kier alpha value is -0.950. The summed E-state index contributed by atoms with van der Waals surface area (Å²) in [6.07, 6.45) is 1.90. The second-order valence-electron chi connectivity index (χ2n) is 3.38. The minimum Gasteiger partial charge on any atom is -0.481 e. The standard InChI is InChI=1S/C9H13NO4S2/c1-2-3-16(13,14)6-8-10-5-7(15-8)4-9(11)12/h5H,2-4,6H2,1H3,(H,11,12). The van der Waals surface area contributed by atoms with Gasteiger partial charge in [0.05, 0.1) is 12.2 Å². The average molecular weight is 263 g/mol. The number of hydrogen-bond donors (Lipinski definition) is 1. The van der Waals surface area contributed by atoms with E-state index >= 15 is 0 Å². The van der Waals surface area contributed by atoms with Crippen LogP contribution in [0.5, 0.6) is 0 Å². The summed E-state index contributed by atoms with van der Waals surface area (Å²) in [5, 5.41) is 9.02. The lowest BCUT2D eigenvalue weighted by atomic mass is 10.4. The molecular weight excluding hydrogens is 250 g/mol. The summed E-state index contributed by atoms with van der Waals surface area (Å²) < 4.78 is 23.0. The second-order valence-corrected chi connectivity index (χ2v) is 6.77. The van der Waals surface area contributed by atoms with Crippen LogP contribution in [0.1, 0.15) is 23.2 Å². The maximum absolute atomic E-state index is 11.5. The normalized spacial score (nSPS) is 11.6. The molecule has 1 rings (SSSR count). The lowest BCUT2D eigenvalue weighted by Crippen LogP contribution is -2.08. The van der Waals surface area contributed by atoms with E-state index in [1.807, 2.05) is 0 Å². The fourth-order valence-electron chi connectivity index (χ4n) is 1.22. The van der Waals surface area contributed by atoms with Crippen molar-refractivity contribution < 1.29 is 18.3 Å². The highest BCUT2D eigenvalue weighted by Crippen LogP contribution is 2.16. The Morgan fingerprint density at radius 2 is 2.25 bits per heavy atom. The SMILES string of the molecule is CCCS(=O)(=O)Cc1ncc(CC(=O)O)s1. The van der Waals surface area contributed by atoms with Gasteiger partial charge in [-0.05, 0) is 6.42 Å². The number of carboxylic acid groups (broad SMARTS) is 1. The van der Waals surface area contributed by atoms with Crippen molar-refractivity contribution in [1.29, 1.82) is 0 Å². The number of carbonyl (C=O) groups is 1. The van der Waals surface area contributed by atoms with E-state index in [4.69, 9.17) is 5.11 Å². The molecule has 1 heterocycles. The molecule has 1 N–H and O–H groups in total. The fourth-order valence-corrected chi connectivity index (χ4v) is 3.92. The summed E-state index contributed by atoms with van der Waals surface area (Å²) in [4.78, 5) is 14.9. The van der Waals surface area contributed by atoms with Crippen LogP contribution in [0.2, 0.25) is 0 Å². The number of thiazole rings is 1. The van der Waals surface area contributed by atoms with Crippen molar-refractivity contribution in [3.63, 3.8) is 0 Å². The summed E-state index contributed by atoms with van der Waals surface area (Å²) in [5.41, 5.74) is 0. The molecule has 0 fully saturated rings. The number of hydrogen-bond acceptors (Lipinski definition) is 5. The van der Waals surface area contributed by atoms with Gasteiger partial charge in [0.1, 0.15) is 10.8 Å². The Labute approximate surface area is 98.1 Å². The quantitative estimate of drug-likeness (QED) is 0.830. The molecule has 5 nitrogen and oxygen atoms in total. The summed E-state index contributed by atoms with van der Waals surface area (Å²) in [6, 6.07) is 0. The largest absolute Gasteiger partial charge is 0.481 e. The second kappa shape index (κ2) is 5.40. The van der Waals surface area contributed by atoms with Gasteiger partial charge in [-0.1, -0.05) is 6.92 Å². The summed E-state index contributed by atoms with van der Waals surface area (Å²) in [7, 11) is -3.10. The van der Waals surface area contributed by atoms with E-state index in [2.05, 4.69) is 4.98 Å². The van der Waals surface area contributed by atoms with Gasteiger partial charge in [0.15, 0.2) is 9.84 Å². The highest BCUT2D eigenvalue weighted by atomic mass is 32.2. The van der Waals surface area contributed by atoms with E-state index in [9.17, 15) is 13.2 Å². The molecule has 0 unspecified atom stereocenters. The van der Waals surface area contributed by atoms with Crippen LogP contribution in [0, 0.1) is 0 Å². The molecule has 1 aromatic rings. The third kappa shape index (κ3) is 4.28. The van der Waals surface area contributed by atoms with Gasteiger partial charge >= 0.3 is 5.97 Å². The highest BCUT2D eigenvalue weighted by molar-refractivity contribution is 7.90. The Balaban J connectivity index is 2.69. The van der Waals surface area contributed by atoms with E-state index in [0.29, 0.717) is 16.3 Å². The molecule has 0 amide bonds. The topological polar surface area (TPSA) is 84.3 Å². The summed E-state index contributed by atoms with van der Waals surface area (Å²) in [5.74, 6) is -0.891. The molecule has 0 aromatic carbocycles. The molecule has 90 valence electrons. The highest BCUT2D eigenvalue weighted by Gasteiger charge is 2.14. The Kier molecular flexibility index (Phi) is 4.43. The maximum atomic E-state index is 11.5. The zero-order chi connectivity index (χ0) is 12.2. The predicted octanol–water partition coefficient (Wildman–Crippen LogP) is 1.10. The molecule has 0 radical (unpaired) electrons. The van der Waals surface area contributed by atoms with Gasteiger partial charge in [-0.25, -0.2) is 13.4 Å². The van der Waals surface area contributed by atoms with E-state index < -0.39 is 15.8 Å². The molecule has 0 bridgehead atoms. The molecule has 16 heavy (non-hydrogen) atoms. The van der Waals surface area contributed by atoms with Crippen LogP contribution >= 0.6 is 11.3 Å². The number of aliphatic carboxylic acids is 1. The minimum atomic E-state index is -3.10. The number of aromatic nitrogens is 1. The molecule has 0 spiro atoms. The van der Waals surface area contributed by atoms with Crippen molar-refractivity contribution in [3.05, 3.63) is 16.1 Å². The van der Waals surface area contributed by atoms with Crippen molar-refractivity contribution in [2.24, 2.45) is 0 Å². The lowest BCUT2D eigenvalue weighted by Gasteiger charge is -1.98. The van der Waals surface area contributed by atoms with E-state index in [-0.39, 0.29) is 17.9 Å². The molecule has 0 aliphatic carbocycles. The average Bonchev–Trinajstić information content (AvgIpc) is 2.49. The first-order valence-electron chi connectivity index (χ1n) is 4.78. The zero-order valence-corrected chi connectivity index (χ0v) is 10.5. The number of carboxylic acids is 1. The van der Waals surface area contributed by atoms with Crippen LogP contribution in [-0.4, -0.2) is 30.2 Å². The molecule has 1 aromatic heterocycles. The van der Waals surface area contributed by atoms with Crippen LogP contribution in [0.4, 0.5) is 0 Å². The van der Waals surface area contributed by atoms with Crippen molar-refractivity contribution in [1.82, 2.24) is 4.98 Å². The third-order valence-electron chi connectivity index (χ3n) is 1.79. The summed E-state index contributed by atoms with van der Waals surface area (Å²) in [6.45, 7) is 1.80. The first kappa shape index (κ1) is 13.1. The van der Waals surface area contributed by atoms with Gasteiger partial charge in [-0.3, -0.25) is 4.79 Å². The van der Waals surface area contributed by atoms with Crippen LogP contribution in [0.15, 0.2) is 6.20 Å². The van der Waals surface area contributed by atoms with Crippen LogP contribution in [0.25, 0.3) is 0 Å². The molecule has 7 heteroatoms. The molecule has 0 saturated carbocycles. The van der Waals surface area contributed by atoms with Gasteiger partial charge in [-0.2, -0.15) is 0 Å². The Morgan fingerprint density at radius 1 is 1.56 bits per heavy atom. The molecular formula is C9H13NO4S2. The molecule has 0 atom stereocenters. The fraction of sp³-hybridized carbons (Fsp3) is 0.556. The molecule has 0 saturated heterocycles. The Bertz CT molecular complexity index is 464. The number of sulfone groups is 1. The van der Waals surface area contributed by atoms with Crippen molar-refractivity contribution >= 4 is 27.1 Å². The smallest absolute Gasteiger partial charge is 0.308 e. The van der Waals surface area contributed by atoms with E-state index in [1.54, 1.807) is 6.92 Å². The maximum Gasteiger partial charge on any atom is 0.308 e. The third-order valence-corrected chi connectivity index (χ3v) is 4.71. The van der Waals surface area contributed by atoms with Gasteiger partial charge in [-0.15, -0.1) is 11.3 Å². The summed E-state index contributed by atoms with van der Waals surface area (Å²) >= 11 is 1.14. The minimum absolute atomic E-state index is 0.0921. The number of rotatable bonds is 6. The van der Waals surface area contributed by atoms with Gasteiger partial charge in [0.2, 0.25) is 0 Å². The van der Waals surface area contributed by atoms with Gasteiger partial charge in [0.25, 0.3) is 0 Å². The van der Waals surface area contributed by atoms with Gasteiger partial charge < -0.3 is 5.11 Å². The van der Waals surface area contributed by atoms with Gasteiger partial charge in [0, 0.05) is 11.1 Å². The van der Waals surface area contributed by atoms with Crippen LogP contribution in [-0.2, 0) is 26.8 Å². The first-order valence-corrected chi connectivity index (χ1v) is 7.42. The lowest BCUT2D eigenvalue weighted by molar-refractivity contribution is -0.136. The molecule has 0 aliphatic rings. The Morgan fingerprint density at radius 3 is 2.81 bits per heavy atom. The predicted molar refractivity (Wildman–Crippen MR) is 61.2 cm³/mol. The first-order chi connectivity index (χ1) is 7.43. The zero-order valence-electron chi connectivity index (χ0n) is 8.84. The van der Waals surface area contributed by atoms with Crippen LogP contribution in [0.3, 0.4) is 0 Å². The monoisotopic (exact) mass is 263 g/mol. The van der Waals surface area contributed by atoms with Crippen molar-refractivity contribution in [2.45, 2.75) is 25.5 Å².